The lowest BCUT2D eigenvalue weighted by Crippen LogP contribution is -2.11. The Hall–Kier alpha value is -1.64. The third-order valence-electron chi connectivity index (χ3n) is 6.79. The number of esters is 2. The minimum absolute atomic E-state index is 0.342. The Morgan fingerprint density at radius 2 is 0.784 bits per heavy atom. The van der Waals surface area contributed by atoms with Gasteiger partial charge in [0.25, 0.3) is 0 Å². The van der Waals surface area contributed by atoms with Crippen LogP contribution >= 0.6 is 0 Å². The molecule has 0 aromatic rings. The van der Waals surface area contributed by atoms with E-state index in [1.807, 2.05) is 0 Å². The largest absolute Gasteiger partial charge is 0.393 e. The maximum Gasteiger partial charge on any atom is 0.313 e. The number of carbonyl (C=O) groups excluding carboxylic acids is 2. The molecule has 0 saturated heterocycles. The van der Waals surface area contributed by atoms with Crippen molar-refractivity contribution >= 4 is 11.9 Å². The highest BCUT2D eigenvalue weighted by Gasteiger charge is 2.09. The summed E-state index contributed by atoms with van der Waals surface area (Å²) in [5.41, 5.74) is 0. The van der Waals surface area contributed by atoms with Crippen molar-refractivity contribution in [3.63, 3.8) is 0 Å². The summed E-state index contributed by atoms with van der Waals surface area (Å²) in [5.74, 6) is -0.691. The van der Waals surface area contributed by atoms with Crippen molar-refractivity contribution in [2.75, 3.05) is 0 Å². The first kappa shape index (κ1) is 35.4. The van der Waals surface area contributed by atoms with Crippen molar-refractivity contribution in [3.8, 4) is 0 Å². The standard InChI is InChI=1S/C34H60O3/c1-3-5-7-9-11-13-15-17-18-20-22-24-26-28-30-32-34(36)37-33(35)31-29-27-25-23-21-19-16-14-12-10-8-6-4-2/h9,11,13,15,17-18H,3-8,10,12,14,16,19-32H2,1-2H3. The van der Waals surface area contributed by atoms with Crippen molar-refractivity contribution in [3.05, 3.63) is 36.5 Å². The summed E-state index contributed by atoms with van der Waals surface area (Å²) in [6.07, 6.45) is 40.4. The van der Waals surface area contributed by atoms with E-state index in [1.54, 1.807) is 0 Å². The Morgan fingerprint density at radius 3 is 1.22 bits per heavy atom. The van der Waals surface area contributed by atoms with Crippen molar-refractivity contribution in [1.29, 1.82) is 0 Å². The van der Waals surface area contributed by atoms with Gasteiger partial charge in [0.15, 0.2) is 0 Å². The zero-order chi connectivity index (χ0) is 27.1. The number of unbranched alkanes of at least 4 members (excludes halogenated alkanes) is 19. The predicted octanol–water partition coefficient (Wildman–Crippen LogP) is 11.1. The van der Waals surface area contributed by atoms with Gasteiger partial charge < -0.3 is 4.74 Å². The van der Waals surface area contributed by atoms with Crippen LogP contribution in [0, 0.1) is 0 Å². The zero-order valence-electron chi connectivity index (χ0n) is 24.7. The van der Waals surface area contributed by atoms with Crippen LogP contribution < -0.4 is 0 Å². The minimum Gasteiger partial charge on any atom is -0.393 e. The molecule has 37 heavy (non-hydrogen) atoms. The first-order chi connectivity index (χ1) is 18.2. The predicted molar refractivity (Wildman–Crippen MR) is 161 cm³/mol. The molecule has 0 saturated carbocycles. The van der Waals surface area contributed by atoms with Gasteiger partial charge in [-0.1, -0.05) is 159 Å². The maximum atomic E-state index is 11.9. The van der Waals surface area contributed by atoms with Crippen molar-refractivity contribution in [2.45, 2.75) is 168 Å². The smallest absolute Gasteiger partial charge is 0.313 e. The minimum atomic E-state index is -0.349. The first-order valence-corrected chi connectivity index (χ1v) is 15.9. The van der Waals surface area contributed by atoms with Crippen LogP contribution in [0.5, 0.6) is 0 Å². The Bertz CT molecular complexity index is 588. The van der Waals surface area contributed by atoms with Gasteiger partial charge in [0, 0.05) is 12.8 Å². The topological polar surface area (TPSA) is 43.4 Å². The van der Waals surface area contributed by atoms with Gasteiger partial charge in [-0.15, -0.1) is 0 Å². The van der Waals surface area contributed by atoms with Gasteiger partial charge >= 0.3 is 11.9 Å². The molecule has 0 radical (unpaired) electrons. The monoisotopic (exact) mass is 516 g/mol. The second-order valence-electron chi connectivity index (χ2n) is 10.5. The molecule has 3 heteroatoms. The normalized spacial score (nSPS) is 11.8. The molecule has 0 aliphatic carbocycles. The molecule has 0 unspecified atom stereocenters. The van der Waals surface area contributed by atoms with Gasteiger partial charge in [-0.25, -0.2) is 0 Å². The molecule has 0 fully saturated rings. The van der Waals surface area contributed by atoms with Crippen LogP contribution in [0.1, 0.15) is 168 Å². The molecular formula is C34H60O3. The molecule has 0 aliphatic rings. The molecule has 214 valence electrons. The number of carbonyl (C=O) groups is 2. The lowest BCUT2D eigenvalue weighted by molar-refractivity contribution is -0.159. The second kappa shape index (κ2) is 30.6. The summed E-state index contributed by atoms with van der Waals surface area (Å²) in [7, 11) is 0. The summed E-state index contributed by atoms with van der Waals surface area (Å²) >= 11 is 0. The fraction of sp³-hybridized carbons (Fsp3) is 0.765. The maximum absolute atomic E-state index is 11.9. The third-order valence-corrected chi connectivity index (χ3v) is 6.79. The molecule has 0 spiro atoms. The first-order valence-electron chi connectivity index (χ1n) is 15.9. The number of ether oxygens (including phenoxy) is 1. The van der Waals surface area contributed by atoms with Crippen LogP contribution in [0.4, 0.5) is 0 Å². The average Bonchev–Trinajstić information content (AvgIpc) is 2.89. The Balaban J connectivity index is 3.41. The van der Waals surface area contributed by atoms with Gasteiger partial charge in [0.1, 0.15) is 0 Å². The van der Waals surface area contributed by atoms with Crippen LogP contribution in [-0.4, -0.2) is 11.9 Å². The number of allylic oxidation sites excluding steroid dienone is 6. The molecule has 0 aromatic carbocycles. The zero-order valence-corrected chi connectivity index (χ0v) is 24.7. The van der Waals surface area contributed by atoms with E-state index in [2.05, 4.69) is 50.3 Å². The lowest BCUT2D eigenvalue weighted by Gasteiger charge is -2.04. The summed E-state index contributed by atoms with van der Waals surface area (Å²) in [6, 6.07) is 0. The summed E-state index contributed by atoms with van der Waals surface area (Å²) in [5, 5.41) is 0. The number of hydrogen-bond acceptors (Lipinski definition) is 3. The quantitative estimate of drug-likeness (QED) is 0.0472. The van der Waals surface area contributed by atoms with E-state index in [0.29, 0.717) is 12.8 Å². The van der Waals surface area contributed by atoms with Gasteiger partial charge in [-0.2, -0.15) is 0 Å². The van der Waals surface area contributed by atoms with E-state index in [0.717, 1.165) is 44.9 Å². The third kappa shape index (κ3) is 30.5. The highest BCUT2D eigenvalue weighted by Crippen LogP contribution is 2.13. The average molecular weight is 517 g/mol. The van der Waals surface area contributed by atoms with E-state index in [9.17, 15) is 9.59 Å². The van der Waals surface area contributed by atoms with Crippen molar-refractivity contribution in [2.24, 2.45) is 0 Å². The van der Waals surface area contributed by atoms with E-state index in [1.165, 1.54) is 96.3 Å². The van der Waals surface area contributed by atoms with Gasteiger partial charge in [0.05, 0.1) is 0 Å². The van der Waals surface area contributed by atoms with Gasteiger partial charge in [-0.05, 0) is 32.1 Å². The van der Waals surface area contributed by atoms with E-state index < -0.39 is 0 Å². The number of rotatable bonds is 27. The van der Waals surface area contributed by atoms with Crippen molar-refractivity contribution < 1.29 is 14.3 Å². The van der Waals surface area contributed by atoms with Crippen molar-refractivity contribution in [1.82, 2.24) is 0 Å². The molecular weight excluding hydrogens is 456 g/mol. The second-order valence-corrected chi connectivity index (χ2v) is 10.5. The molecule has 0 amide bonds. The molecule has 0 bridgehead atoms. The van der Waals surface area contributed by atoms with Crippen LogP contribution in [0.25, 0.3) is 0 Å². The lowest BCUT2D eigenvalue weighted by atomic mass is 10.0. The molecule has 0 rings (SSSR count). The van der Waals surface area contributed by atoms with Gasteiger partial charge in [0.2, 0.25) is 0 Å². The van der Waals surface area contributed by atoms with Crippen LogP contribution in [0.3, 0.4) is 0 Å². The van der Waals surface area contributed by atoms with E-state index in [4.69, 9.17) is 4.74 Å². The van der Waals surface area contributed by atoms with Gasteiger partial charge in [-0.3, -0.25) is 9.59 Å². The summed E-state index contributed by atoms with van der Waals surface area (Å²) in [6.45, 7) is 4.48. The fourth-order valence-electron chi connectivity index (χ4n) is 4.38. The Kier molecular flexibility index (Phi) is 29.2. The summed E-state index contributed by atoms with van der Waals surface area (Å²) < 4.78 is 4.98. The molecule has 0 N–H and O–H groups in total. The SMILES string of the molecule is CCCCC=CC=CC=CCCCCCCCC(=O)OC(=O)CCCCCCCCCCCCCCC. The molecule has 0 aliphatic heterocycles. The van der Waals surface area contributed by atoms with E-state index >= 15 is 0 Å². The molecule has 0 atom stereocenters. The highest BCUT2D eigenvalue weighted by atomic mass is 16.6. The van der Waals surface area contributed by atoms with Crippen LogP contribution in [0.15, 0.2) is 36.5 Å². The van der Waals surface area contributed by atoms with Crippen LogP contribution in [0.2, 0.25) is 0 Å². The fourth-order valence-corrected chi connectivity index (χ4v) is 4.38. The summed E-state index contributed by atoms with van der Waals surface area (Å²) in [4.78, 5) is 23.7. The molecule has 0 aromatic heterocycles. The Morgan fingerprint density at radius 1 is 0.432 bits per heavy atom. The molecule has 0 heterocycles. The highest BCUT2D eigenvalue weighted by molar-refractivity contribution is 5.85. The Labute approximate surface area is 230 Å². The molecule has 3 nitrogen and oxygen atoms in total. The van der Waals surface area contributed by atoms with Crippen LogP contribution in [-0.2, 0) is 14.3 Å². The number of hydrogen-bond donors (Lipinski definition) is 0. The van der Waals surface area contributed by atoms with E-state index in [-0.39, 0.29) is 11.9 Å².